The minimum Gasteiger partial charge on any atom is -0.507 e. The van der Waals surface area contributed by atoms with Crippen LogP contribution in [0.25, 0.3) is 0 Å². The lowest BCUT2D eigenvalue weighted by molar-refractivity contribution is -0.144. The molecule has 0 spiro atoms. The van der Waals surface area contributed by atoms with E-state index in [1.807, 2.05) is 0 Å². The highest BCUT2D eigenvalue weighted by atomic mass is 35.5. The second-order valence-electron chi connectivity index (χ2n) is 5.72. The number of benzene rings is 2. The molecule has 0 saturated carbocycles. The van der Waals surface area contributed by atoms with Gasteiger partial charge in [-0.2, -0.15) is 0 Å². The van der Waals surface area contributed by atoms with Gasteiger partial charge < -0.3 is 14.6 Å². The number of aromatic hydroxyl groups is 1. The molecule has 0 atom stereocenters. The molecule has 2 rings (SSSR count). The van der Waals surface area contributed by atoms with Crippen LogP contribution in [0.15, 0.2) is 47.5 Å². The van der Waals surface area contributed by atoms with Crippen molar-refractivity contribution in [2.45, 2.75) is 12.8 Å². The number of halogens is 2. The van der Waals surface area contributed by atoms with Gasteiger partial charge in [-0.15, -0.1) is 0 Å². The van der Waals surface area contributed by atoms with Crippen molar-refractivity contribution in [2.24, 2.45) is 4.99 Å². The first-order valence-corrected chi connectivity index (χ1v) is 8.83. The summed E-state index contributed by atoms with van der Waals surface area (Å²) in [6.07, 6.45) is 0.662. The second-order valence-corrected chi connectivity index (χ2v) is 6.15. The fourth-order valence-corrected chi connectivity index (χ4v) is 2.49. The first kappa shape index (κ1) is 20.9. The summed E-state index contributed by atoms with van der Waals surface area (Å²) in [5.74, 6) is -0.890. The van der Waals surface area contributed by atoms with E-state index in [9.17, 15) is 14.3 Å². The Hall–Kier alpha value is -2.44. The highest BCUT2D eigenvalue weighted by molar-refractivity contribution is 6.30. The molecule has 0 bridgehead atoms. The number of phenolic OH excluding ortho intramolecular Hbond substituents is 1. The van der Waals surface area contributed by atoms with Gasteiger partial charge in [-0.25, -0.2) is 4.39 Å². The van der Waals surface area contributed by atoms with E-state index in [-0.39, 0.29) is 30.3 Å². The van der Waals surface area contributed by atoms with E-state index in [2.05, 4.69) is 4.99 Å². The van der Waals surface area contributed by atoms with Gasteiger partial charge in [-0.05, 0) is 36.8 Å². The van der Waals surface area contributed by atoms with Crippen LogP contribution >= 0.6 is 11.6 Å². The highest BCUT2D eigenvalue weighted by Crippen LogP contribution is 2.23. The topological polar surface area (TPSA) is 68.1 Å². The van der Waals surface area contributed by atoms with Gasteiger partial charge >= 0.3 is 5.97 Å². The molecule has 0 aliphatic heterocycles. The first-order chi connectivity index (χ1) is 13.0. The van der Waals surface area contributed by atoms with E-state index in [0.717, 1.165) is 0 Å². The van der Waals surface area contributed by atoms with Gasteiger partial charge in [0, 0.05) is 36.2 Å². The van der Waals surface area contributed by atoms with Gasteiger partial charge in [0.2, 0.25) is 0 Å². The van der Waals surface area contributed by atoms with Gasteiger partial charge in [0.25, 0.3) is 0 Å². The van der Waals surface area contributed by atoms with Crippen molar-refractivity contribution < 1.29 is 23.8 Å². The molecule has 2 aromatic carbocycles. The van der Waals surface area contributed by atoms with Crippen molar-refractivity contribution >= 4 is 23.3 Å². The molecule has 0 heterocycles. The van der Waals surface area contributed by atoms with E-state index in [4.69, 9.17) is 21.1 Å². The van der Waals surface area contributed by atoms with Crippen molar-refractivity contribution in [3.8, 4) is 5.75 Å². The predicted octanol–water partition coefficient (Wildman–Crippen LogP) is 3.99. The fraction of sp³-hybridized carbons (Fsp3) is 0.300. The minimum atomic E-state index is -0.480. The monoisotopic (exact) mass is 393 g/mol. The van der Waals surface area contributed by atoms with E-state index in [1.165, 1.54) is 25.3 Å². The molecule has 7 heteroatoms. The van der Waals surface area contributed by atoms with Crippen LogP contribution in [0.1, 0.15) is 24.0 Å². The lowest BCUT2D eigenvalue weighted by atomic mass is 10.0. The average Bonchev–Trinajstić information content (AvgIpc) is 2.65. The van der Waals surface area contributed by atoms with E-state index < -0.39 is 5.82 Å². The molecule has 0 saturated heterocycles. The highest BCUT2D eigenvalue weighted by Gasteiger charge is 2.13. The number of phenols is 1. The maximum absolute atomic E-state index is 13.7. The number of aliphatic imine (C=N–C) groups is 1. The van der Waals surface area contributed by atoms with Gasteiger partial charge in [-0.3, -0.25) is 9.79 Å². The average molecular weight is 394 g/mol. The summed E-state index contributed by atoms with van der Waals surface area (Å²) in [6.45, 7) is 0.878. The molecule has 144 valence electrons. The molecule has 0 unspecified atom stereocenters. The number of methoxy groups -OCH3 is 1. The Morgan fingerprint density at radius 3 is 2.63 bits per heavy atom. The van der Waals surface area contributed by atoms with Crippen LogP contribution < -0.4 is 0 Å². The normalized spacial score (nSPS) is 11.4. The van der Waals surface area contributed by atoms with E-state index >= 15 is 0 Å². The Bertz CT molecular complexity index is 793. The number of hydrogen-bond donors (Lipinski definition) is 1. The molecule has 27 heavy (non-hydrogen) atoms. The standard InChI is InChI=1S/C20H21ClFNO4/c1-26-11-12-27-19(25)3-2-10-23-20(14-4-6-15(21)7-5-14)17-13-16(22)8-9-18(17)24/h4-9,13,24H,2-3,10-12H2,1H3. The summed E-state index contributed by atoms with van der Waals surface area (Å²) in [7, 11) is 1.53. The summed E-state index contributed by atoms with van der Waals surface area (Å²) in [5, 5.41) is 10.7. The van der Waals surface area contributed by atoms with Crippen molar-refractivity contribution in [1.82, 2.24) is 0 Å². The van der Waals surface area contributed by atoms with Crippen LogP contribution in [0, 0.1) is 5.82 Å². The van der Waals surface area contributed by atoms with Crippen LogP contribution in [0.5, 0.6) is 5.75 Å². The van der Waals surface area contributed by atoms with Gasteiger partial charge in [0.1, 0.15) is 18.2 Å². The minimum absolute atomic E-state index is 0.0796. The Kier molecular flexibility index (Phi) is 8.23. The SMILES string of the molecule is COCCOC(=O)CCCN=C(c1ccc(Cl)cc1)c1cc(F)ccc1O. The van der Waals surface area contributed by atoms with Crippen molar-refractivity contribution in [1.29, 1.82) is 0 Å². The number of esters is 1. The fourth-order valence-electron chi connectivity index (χ4n) is 2.36. The van der Waals surface area contributed by atoms with Gasteiger partial charge in [0.05, 0.1) is 12.3 Å². The van der Waals surface area contributed by atoms with Crippen LogP contribution in [0.4, 0.5) is 4.39 Å². The lowest BCUT2D eigenvalue weighted by Gasteiger charge is -2.10. The van der Waals surface area contributed by atoms with Crippen LogP contribution in [-0.2, 0) is 14.3 Å². The van der Waals surface area contributed by atoms with Crippen molar-refractivity contribution in [3.63, 3.8) is 0 Å². The molecule has 5 nitrogen and oxygen atoms in total. The third kappa shape index (κ3) is 6.66. The van der Waals surface area contributed by atoms with E-state index in [1.54, 1.807) is 24.3 Å². The molecule has 0 radical (unpaired) electrons. The molecule has 0 aliphatic carbocycles. The predicted molar refractivity (Wildman–Crippen MR) is 102 cm³/mol. The third-order valence-corrected chi connectivity index (χ3v) is 3.94. The molecule has 2 aromatic rings. The summed E-state index contributed by atoms with van der Waals surface area (Å²) < 4.78 is 23.5. The molecule has 0 aliphatic rings. The van der Waals surface area contributed by atoms with Gasteiger partial charge in [0.15, 0.2) is 0 Å². The zero-order valence-electron chi connectivity index (χ0n) is 15.0. The molecule has 0 amide bonds. The van der Waals surface area contributed by atoms with Crippen LogP contribution in [0.2, 0.25) is 5.02 Å². The summed E-state index contributed by atoms with van der Waals surface area (Å²) in [6, 6.07) is 10.5. The molecule has 0 fully saturated rings. The number of carbonyl (C=O) groups is 1. The summed E-state index contributed by atoms with van der Waals surface area (Å²) >= 11 is 5.92. The first-order valence-electron chi connectivity index (χ1n) is 8.45. The molecular formula is C20H21ClFNO4. The largest absolute Gasteiger partial charge is 0.507 e. The van der Waals surface area contributed by atoms with Crippen molar-refractivity contribution in [3.05, 3.63) is 64.4 Å². The number of hydrogen-bond acceptors (Lipinski definition) is 5. The number of rotatable bonds is 9. The number of nitrogens with zero attached hydrogens (tertiary/aromatic N) is 1. The molecule has 1 N–H and O–H groups in total. The maximum atomic E-state index is 13.7. The van der Waals surface area contributed by atoms with E-state index in [0.29, 0.717) is 35.9 Å². The summed E-state index contributed by atoms with van der Waals surface area (Å²) in [5.41, 5.74) is 1.39. The zero-order chi connectivity index (χ0) is 19.6. The smallest absolute Gasteiger partial charge is 0.305 e. The number of ether oxygens (including phenoxy) is 2. The second kappa shape index (κ2) is 10.6. The molecule has 0 aromatic heterocycles. The van der Waals surface area contributed by atoms with Crippen molar-refractivity contribution in [2.75, 3.05) is 26.9 Å². The molecular weight excluding hydrogens is 373 g/mol. The third-order valence-electron chi connectivity index (χ3n) is 3.69. The van der Waals surface area contributed by atoms with Crippen LogP contribution in [-0.4, -0.2) is 43.7 Å². The van der Waals surface area contributed by atoms with Gasteiger partial charge in [-0.1, -0.05) is 23.7 Å². The Labute approximate surface area is 162 Å². The zero-order valence-corrected chi connectivity index (χ0v) is 15.7. The van der Waals surface area contributed by atoms with Crippen LogP contribution in [0.3, 0.4) is 0 Å². The Morgan fingerprint density at radius 2 is 1.93 bits per heavy atom. The maximum Gasteiger partial charge on any atom is 0.305 e. The Balaban J connectivity index is 2.13. The Morgan fingerprint density at radius 1 is 1.19 bits per heavy atom. The number of carbonyl (C=O) groups excluding carboxylic acids is 1. The quantitative estimate of drug-likeness (QED) is 0.397. The summed E-state index contributed by atoms with van der Waals surface area (Å²) in [4.78, 5) is 16.1. The lowest BCUT2D eigenvalue weighted by Crippen LogP contribution is -2.10.